The third-order valence-electron chi connectivity index (χ3n) is 3.47. The minimum atomic E-state index is -0.618. The summed E-state index contributed by atoms with van der Waals surface area (Å²) in [5.41, 5.74) is 3.41. The number of nitro groups is 2. The summed E-state index contributed by atoms with van der Waals surface area (Å²) < 4.78 is 0. The quantitative estimate of drug-likeness (QED) is 0.507. The van der Waals surface area contributed by atoms with Gasteiger partial charge in [0.1, 0.15) is 0 Å². The van der Waals surface area contributed by atoms with Gasteiger partial charge in [0, 0.05) is 34.9 Å². The molecule has 0 aliphatic heterocycles. The van der Waals surface area contributed by atoms with Crippen molar-refractivity contribution in [1.82, 2.24) is 5.43 Å². The highest BCUT2D eigenvalue weighted by atomic mass is 16.6. The van der Waals surface area contributed by atoms with E-state index in [0.29, 0.717) is 16.8 Å². The van der Waals surface area contributed by atoms with Crippen LogP contribution in [-0.4, -0.2) is 21.5 Å². The van der Waals surface area contributed by atoms with Crippen LogP contribution in [0.25, 0.3) is 0 Å². The van der Waals surface area contributed by atoms with E-state index in [1.54, 1.807) is 19.9 Å². The number of hydrogen-bond acceptors (Lipinski definition) is 6. The van der Waals surface area contributed by atoms with Gasteiger partial charge in [-0.15, -0.1) is 0 Å². The normalized spacial score (nSPS) is 11.0. The molecule has 9 heteroatoms. The Morgan fingerprint density at radius 3 is 2.40 bits per heavy atom. The number of amides is 1. The van der Waals surface area contributed by atoms with Crippen molar-refractivity contribution in [2.45, 2.75) is 13.8 Å². The molecule has 0 saturated heterocycles. The molecule has 0 aliphatic rings. The minimum absolute atomic E-state index is 0.0902. The lowest BCUT2D eigenvalue weighted by molar-refractivity contribution is -0.385. The number of rotatable bonds is 5. The largest absolute Gasteiger partial charge is 0.273 e. The Morgan fingerprint density at radius 1 is 1.04 bits per heavy atom. The van der Waals surface area contributed by atoms with Gasteiger partial charge in [0.15, 0.2) is 0 Å². The van der Waals surface area contributed by atoms with Gasteiger partial charge in [-0.05, 0) is 19.9 Å². The van der Waals surface area contributed by atoms with E-state index >= 15 is 0 Å². The molecule has 0 radical (unpaired) electrons. The Hall–Kier alpha value is -3.62. The van der Waals surface area contributed by atoms with Crippen LogP contribution >= 0.6 is 0 Å². The molecule has 0 saturated carbocycles. The van der Waals surface area contributed by atoms with Crippen molar-refractivity contribution in [3.8, 4) is 0 Å². The number of nitro benzene ring substituents is 2. The van der Waals surface area contributed by atoms with Crippen LogP contribution in [0.3, 0.4) is 0 Å². The SMILES string of the molecule is CC(=NNC(=O)c1ccc(C)c([N+](=O)[O-])c1)c1cccc([N+](=O)[O-])c1. The average Bonchev–Trinajstić information content (AvgIpc) is 2.59. The second-order valence-electron chi connectivity index (χ2n) is 5.20. The highest BCUT2D eigenvalue weighted by Gasteiger charge is 2.15. The van der Waals surface area contributed by atoms with Gasteiger partial charge in [-0.3, -0.25) is 25.0 Å². The third kappa shape index (κ3) is 4.22. The standard InChI is InChI=1S/C16H14N4O5/c1-10-6-7-13(9-15(10)20(24)25)16(21)18-17-11(2)12-4-3-5-14(8-12)19(22)23/h3-9H,1-2H3,(H,18,21). The smallest absolute Gasteiger partial charge is 0.267 e. The van der Waals surface area contributed by atoms with Crippen LogP contribution in [0.15, 0.2) is 47.6 Å². The number of nitrogens with zero attached hydrogens (tertiary/aromatic N) is 3. The van der Waals surface area contributed by atoms with Crippen LogP contribution in [0.2, 0.25) is 0 Å². The number of hydrazone groups is 1. The summed E-state index contributed by atoms with van der Waals surface area (Å²) in [7, 11) is 0. The molecule has 1 N–H and O–H groups in total. The summed E-state index contributed by atoms with van der Waals surface area (Å²) in [5, 5.41) is 25.6. The Kier molecular flexibility index (Phi) is 5.18. The Labute approximate surface area is 142 Å². The van der Waals surface area contributed by atoms with Crippen molar-refractivity contribution in [3.05, 3.63) is 79.4 Å². The van der Waals surface area contributed by atoms with Crippen LogP contribution in [0, 0.1) is 27.2 Å². The van der Waals surface area contributed by atoms with E-state index in [2.05, 4.69) is 10.5 Å². The van der Waals surface area contributed by atoms with Crippen LogP contribution in [-0.2, 0) is 0 Å². The fourth-order valence-electron chi connectivity index (χ4n) is 2.06. The lowest BCUT2D eigenvalue weighted by Gasteiger charge is -2.04. The van der Waals surface area contributed by atoms with E-state index < -0.39 is 15.8 Å². The number of non-ortho nitro benzene ring substituents is 1. The molecule has 0 fully saturated rings. The van der Waals surface area contributed by atoms with Crippen molar-refractivity contribution in [2.24, 2.45) is 5.10 Å². The number of hydrogen-bond donors (Lipinski definition) is 1. The van der Waals surface area contributed by atoms with Crippen LogP contribution in [0.4, 0.5) is 11.4 Å². The maximum absolute atomic E-state index is 12.1. The third-order valence-corrected chi connectivity index (χ3v) is 3.47. The number of carbonyl (C=O) groups excluding carboxylic acids is 1. The molecule has 1 amide bonds. The number of aryl methyl sites for hydroxylation is 1. The zero-order chi connectivity index (χ0) is 18.6. The zero-order valence-corrected chi connectivity index (χ0v) is 13.4. The first-order chi connectivity index (χ1) is 11.8. The number of carbonyl (C=O) groups is 1. The first-order valence-corrected chi connectivity index (χ1v) is 7.14. The molecule has 0 bridgehead atoms. The van der Waals surface area contributed by atoms with Crippen molar-refractivity contribution >= 4 is 23.0 Å². The van der Waals surface area contributed by atoms with E-state index in [0.717, 1.165) is 0 Å². The first-order valence-electron chi connectivity index (χ1n) is 7.14. The Bertz CT molecular complexity index is 892. The van der Waals surface area contributed by atoms with Crippen LogP contribution in [0.1, 0.15) is 28.4 Å². The van der Waals surface area contributed by atoms with Gasteiger partial charge in [-0.1, -0.05) is 18.2 Å². The zero-order valence-electron chi connectivity index (χ0n) is 13.4. The molecule has 2 aromatic carbocycles. The van der Waals surface area contributed by atoms with Gasteiger partial charge in [0.25, 0.3) is 17.3 Å². The molecular formula is C16H14N4O5. The molecule has 2 aromatic rings. The van der Waals surface area contributed by atoms with E-state index in [4.69, 9.17) is 0 Å². The Balaban J connectivity index is 2.19. The molecule has 0 unspecified atom stereocenters. The Morgan fingerprint density at radius 2 is 1.76 bits per heavy atom. The molecule has 2 rings (SSSR count). The van der Waals surface area contributed by atoms with Gasteiger partial charge in [0.05, 0.1) is 15.6 Å². The molecule has 9 nitrogen and oxygen atoms in total. The molecule has 0 spiro atoms. The van der Waals surface area contributed by atoms with E-state index in [1.807, 2.05) is 0 Å². The molecule has 0 heterocycles. The number of nitrogens with one attached hydrogen (secondary N) is 1. The molecule has 0 aliphatic carbocycles. The molecule has 0 aromatic heterocycles. The average molecular weight is 342 g/mol. The van der Waals surface area contributed by atoms with Crippen LogP contribution < -0.4 is 5.43 Å². The van der Waals surface area contributed by atoms with E-state index in [-0.39, 0.29) is 16.9 Å². The van der Waals surface area contributed by atoms with Crippen LogP contribution in [0.5, 0.6) is 0 Å². The highest BCUT2D eigenvalue weighted by Crippen LogP contribution is 2.19. The molecule has 128 valence electrons. The fourth-order valence-corrected chi connectivity index (χ4v) is 2.06. The van der Waals surface area contributed by atoms with Gasteiger partial charge in [-0.2, -0.15) is 5.10 Å². The predicted octanol–water partition coefficient (Wildman–Crippen LogP) is 2.97. The maximum Gasteiger partial charge on any atom is 0.273 e. The first kappa shape index (κ1) is 17.7. The minimum Gasteiger partial charge on any atom is -0.267 e. The second kappa shape index (κ2) is 7.30. The summed E-state index contributed by atoms with van der Waals surface area (Å²) in [6, 6.07) is 9.91. The van der Waals surface area contributed by atoms with Gasteiger partial charge in [0.2, 0.25) is 0 Å². The van der Waals surface area contributed by atoms with Gasteiger partial charge >= 0.3 is 0 Å². The predicted molar refractivity (Wildman–Crippen MR) is 90.6 cm³/mol. The molecule has 0 atom stereocenters. The molecule has 25 heavy (non-hydrogen) atoms. The lowest BCUT2D eigenvalue weighted by atomic mass is 10.1. The highest BCUT2D eigenvalue weighted by molar-refractivity contribution is 6.01. The van der Waals surface area contributed by atoms with Crippen molar-refractivity contribution in [2.75, 3.05) is 0 Å². The second-order valence-corrected chi connectivity index (χ2v) is 5.20. The summed E-state index contributed by atoms with van der Waals surface area (Å²) in [6.07, 6.45) is 0. The summed E-state index contributed by atoms with van der Waals surface area (Å²) >= 11 is 0. The summed E-state index contributed by atoms with van der Waals surface area (Å²) in [5.74, 6) is -0.618. The molecular weight excluding hydrogens is 328 g/mol. The monoisotopic (exact) mass is 342 g/mol. The lowest BCUT2D eigenvalue weighted by Crippen LogP contribution is -2.19. The fraction of sp³-hybridized carbons (Fsp3) is 0.125. The topological polar surface area (TPSA) is 128 Å². The van der Waals surface area contributed by atoms with Gasteiger partial charge in [-0.25, -0.2) is 5.43 Å². The summed E-state index contributed by atoms with van der Waals surface area (Å²) in [4.78, 5) is 32.7. The maximum atomic E-state index is 12.1. The van der Waals surface area contributed by atoms with E-state index in [1.165, 1.54) is 36.4 Å². The van der Waals surface area contributed by atoms with Crippen molar-refractivity contribution in [1.29, 1.82) is 0 Å². The summed E-state index contributed by atoms with van der Waals surface area (Å²) in [6.45, 7) is 3.15. The van der Waals surface area contributed by atoms with Crippen molar-refractivity contribution in [3.63, 3.8) is 0 Å². The van der Waals surface area contributed by atoms with Gasteiger partial charge < -0.3 is 0 Å². The number of benzene rings is 2. The van der Waals surface area contributed by atoms with Crippen molar-refractivity contribution < 1.29 is 14.6 Å². The van der Waals surface area contributed by atoms with E-state index in [9.17, 15) is 25.0 Å².